The average molecular weight is 270 g/mol. The number of morpholine rings is 1. The molecular weight excluding hydrogens is 252 g/mol. The molecule has 20 heavy (non-hydrogen) atoms. The van der Waals surface area contributed by atoms with Gasteiger partial charge in [-0.25, -0.2) is 9.50 Å². The smallest absolute Gasteiger partial charge is 0.155 e. The maximum Gasteiger partial charge on any atom is 0.155 e. The third-order valence-electron chi connectivity index (χ3n) is 4.35. The normalized spacial score (nSPS) is 26.8. The molecule has 2 bridgehead atoms. The molecule has 0 spiro atoms. The monoisotopic (exact) mass is 270 g/mol. The van der Waals surface area contributed by atoms with Crippen LogP contribution in [0.15, 0.2) is 24.5 Å². The van der Waals surface area contributed by atoms with Gasteiger partial charge in [-0.1, -0.05) is 6.08 Å². The molecule has 2 atom stereocenters. The Bertz CT molecular complexity index is 690. The van der Waals surface area contributed by atoms with E-state index in [-0.39, 0.29) is 0 Å². The lowest BCUT2D eigenvalue weighted by molar-refractivity contribution is -0.0221. The number of fused-ring (bicyclic) bond motifs is 3. The van der Waals surface area contributed by atoms with Gasteiger partial charge in [0.2, 0.25) is 0 Å². The van der Waals surface area contributed by atoms with Crippen LogP contribution in [0.4, 0.5) is 0 Å². The van der Waals surface area contributed by atoms with Crippen LogP contribution in [0.2, 0.25) is 0 Å². The van der Waals surface area contributed by atoms with Crippen LogP contribution in [0.25, 0.3) is 11.2 Å². The molecule has 1 fully saturated rings. The molecule has 0 amide bonds. The van der Waals surface area contributed by atoms with E-state index in [1.807, 2.05) is 23.7 Å². The zero-order valence-corrected chi connectivity index (χ0v) is 11.8. The zero-order valence-electron chi connectivity index (χ0n) is 11.8. The molecule has 1 saturated heterocycles. The number of aryl methyl sites for hydroxylation is 1. The summed E-state index contributed by atoms with van der Waals surface area (Å²) >= 11 is 0. The Morgan fingerprint density at radius 3 is 3.10 bits per heavy atom. The van der Waals surface area contributed by atoms with Crippen molar-refractivity contribution in [2.45, 2.75) is 25.4 Å². The third kappa shape index (κ3) is 1.85. The Balaban J connectivity index is 1.75. The van der Waals surface area contributed by atoms with E-state index < -0.39 is 0 Å². The van der Waals surface area contributed by atoms with E-state index in [4.69, 9.17) is 4.74 Å². The van der Waals surface area contributed by atoms with Crippen molar-refractivity contribution in [3.8, 4) is 0 Å². The molecule has 0 aliphatic carbocycles. The molecular formula is C15H18N4O. The minimum atomic E-state index is 0.382. The van der Waals surface area contributed by atoms with Gasteiger partial charge in [0.25, 0.3) is 0 Å². The summed E-state index contributed by atoms with van der Waals surface area (Å²) in [7, 11) is 2.18. The van der Waals surface area contributed by atoms with Gasteiger partial charge in [-0.2, -0.15) is 5.10 Å². The first-order valence-electron chi connectivity index (χ1n) is 7.03. The largest absolute Gasteiger partial charge is 0.378 e. The van der Waals surface area contributed by atoms with Crippen LogP contribution in [0.3, 0.4) is 0 Å². The summed E-state index contributed by atoms with van der Waals surface area (Å²) in [5.74, 6) is 0. The zero-order chi connectivity index (χ0) is 13.7. The van der Waals surface area contributed by atoms with Gasteiger partial charge >= 0.3 is 0 Å². The summed E-state index contributed by atoms with van der Waals surface area (Å²) < 4.78 is 7.52. The summed E-state index contributed by atoms with van der Waals surface area (Å²) in [4.78, 5) is 6.92. The molecule has 2 aliphatic heterocycles. The number of aromatic nitrogens is 3. The van der Waals surface area contributed by atoms with Crippen molar-refractivity contribution in [2.24, 2.45) is 0 Å². The fourth-order valence-corrected chi connectivity index (χ4v) is 3.13. The molecule has 0 aromatic carbocycles. The molecule has 4 heterocycles. The molecule has 104 valence electrons. The number of nitrogens with zero attached hydrogens (tertiary/aromatic N) is 4. The van der Waals surface area contributed by atoms with Crippen molar-refractivity contribution in [3.05, 3.63) is 35.8 Å². The third-order valence-corrected chi connectivity index (χ3v) is 4.35. The Hall–Kier alpha value is -1.72. The van der Waals surface area contributed by atoms with E-state index in [1.165, 1.54) is 11.1 Å². The van der Waals surface area contributed by atoms with Crippen molar-refractivity contribution in [1.29, 1.82) is 0 Å². The topological polar surface area (TPSA) is 42.7 Å². The van der Waals surface area contributed by atoms with Crippen molar-refractivity contribution >= 4 is 11.2 Å². The van der Waals surface area contributed by atoms with Crippen LogP contribution in [0, 0.1) is 6.92 Å². The van der Waals surface area contributed by atoms with Gasteiger partial charge in [0.05, 0.1) is 24.9 Å². The van der Waals surface area contributed by atoms with Gasteiger partial charge in [0.1, 0.15) is 0 Å². The van der Waals surface area contributed by atoms with Gasteiger partial charge in [-0.3, -0.25) is 4.90 Å². The van der Waals surface area contributed by atoms with E-state index in [0.717, 1.165) is 31.0 Å². The molecule has 5 nitrogen and oxygen atoms in total. The Kier molecular flexibility index (Phi) is 2.65. The number of likely N-dealkylation sites (N-methyl/N-ethyl adjacent to an activating group) is 1. The second-order valence-corrected chi connectivity index (χ2v) is 5.75. The Morgan fingerprint density at radius 1 is 1.35 bits per heavy atom. The van der Waals surface area contributed by atoms with E-state index in [2.05, 4.69) is 34.3 Å². The number of rotatable bonds is 1. The molecule has 2 aliphatic rings. The van der Waals surface area contributed by atoms with E-state index in [9.17, 15) is 0 Å². The van der Waals surface area contributed by atoms with E-state index >= 15 is 0 Å². The summed E-state index contributed by atoms with van der Waals surface area (Å²) in [6.45, 7) is 3.60. The predicted octanol–water partition coefficient (Wildman–Crippen LogP) is 1.52. The van der Waals surface area contributed by atoms with Crippen molar-refractivity contribution < 1.29 is 4.74 Å². The Labute approximate surface area is 117 Å². The molecule has 4 rings (SSSR count). The number of hydrogen-bond acceptors (Lipinski definition) is 4. The lowest BCUT2D eigenvalue weighted by Gasteiger charge is -2.42. The van der Waals surface area contributed by atoms with Crippen molar-refractivity contribution in [2.75, 3.05) is 20.3 Å². The minimum Gasteiger partial charge on any atom is -0.378 e. The second kappa shape index (κ2) is 4.40. The summed E-state index contributed by atoms with van der Waals surface area (Å²) in [5, 5.41) is 4.45. The van der Waals surface area contributed by atoms with E-state index in [0.29, 0.717) is 12.1 Å². The van der Waals surface area contributed by atoms with Crippen LogP contribution < -0.4 is 0 Å². The van der Waals surface area contributed by atoms with Crippen LogP contribution in [0.1, 0.15) is 17.7 Å². The van der Waals surface area contributed by atoms with Gasteiger partial charge < -0.3 is 4.74 Å². The second-order valence-electron chi connectivity index (χ2n) is 5.75. The van der Waals surface area contributed by atoms with Crippen LogP contribution in [-0.4, -0.2) is 51.8 Å². The van der Waals surface area contributed by atoms with Gasteiger partial charge in [-0.15, -0.1) is 0 Å². The molecule has 5 heteroatoms. The summed E-state index contributed by atoms with van der Waals surface area (Å²) in [6, 6.07) is 2.85. The summed E-state index contributed by atoms with van der Waals surface area (Å²) in [5.41, 5.74) is 4.44. The lowest BCUT2D eigenvalue weighted by Crippen LogP contribution is -2.51. The number of hydrogen-bond donors (Lipinski definition) is 0. The first-order chi connectivity index (χ1) is 9.70. The van der Waals surface area contributed by atoms with Gasteiger partial charge in [-0.05, 0) is 26.0 Å². The first kappa shape index (κ1) is 12.1. The standard InChI is InChI=1S/C15H18N4O/c1-10-3-15-16-6-12(7-19(15)17-10)11-4-13-8-20-9-14(5-11)18(13)2/h3-4,6-7,13-14H,5,8-9H2,1-2H3. The van der Waals surface area contributed by atoms with Crippen LogP contribution in [-0.2, 0) is 4.74 Å². The number of ether oxygens (including phenoxy) is 1. The molecule has 2 aromatic heterocycles. The highest BCUT2D eigenvalue weighted by molar-refractivity contribution is 5.67. The lowest BCUT2D eigenvalue weighted by atomic mass is 9.91. The molecule has 2 aromatic rings. The molecule has 0 N–H and O–H groups in total. The Morgan fingerprint density at radius 2 is 2.25 bits per heavy atom. The van der Waals surface area contributed by atoms with Gasteiger partial charge in [0, 0.05) is 30.1 Å². The predicted molar refractivity (Wildman–Crippen MR) is 76.5 cm³/mol. The fraction of sp³-hybridized carbons (Fsp3) is 0.467. The molecule has 0 radical (unpaired) electrons. The SMILES string of the molecule is Cc1cc2ncc(C3=CC4COCC(C3)N4C)cn2n1. The highest BCUT2D eigenvalue weighted by atomic mass is 16.5. The maximum absolute atomic E-state index is 5.65. The van der Waals surface area contributed by atoms with Gasteiger partial charge in [0.15, 0.2) is 5.65 Å². The minimum absolute atomic E-state index is 0.382. The van der Waals surface area contributed by atoms with E-state index in [1.54, 1.807) is 0 Å². The quantitative estimate of drug-likeness (QED) is 0.788. The average Bonchev–Trinajstić information content (AvgIpc) is 2.77. The van der Waals surface area contributed by atoms with Crippen LogP contribution in [0.5, 0.6) is 0 Å². The molecule has 0 saturated carbocycles. The molecule has 2 unspecified atom stereocenters. The fourth-order valence-electron chi connectivity index (χ4n) is 3.13. The highest BCUT2D eigenvalue weighted by Gasteiger charge is 2.32. The maximum atomic E-state index is 5.65. The van der Waals surface area contributed by atoms with Crippen molar-refractivity contribution in [1.82, 2.24) is 19.5 Å². The summed E-state index contributed by atoms with van der Waals surface area (Å²) in [6.07, 6.45) is 7.38. The van der Waals surface area contributed by atoms with Crippen LogP contribution >= 0.6 is 0 Å². The highest BCUT2D eigenvalue weighted by Crippen LogP contribution is 2.31. The van der Waals surface area contributed by atoms with Crippen molar-refractivity contribution in [3.63, 3.8) is 0 Å². The first-order valence-corrected chi connectivity index (χ1v) is 7.03.